The van der Waals surface area contributed by atoms with Gasteiger partial charge in [-0.3, -0.25) is 19.2 Å². The molecule has 0 saturated heterocycles. The molecule has 5 rings (SSSR count). The molecule has 314 valence electrons. The molecule has 6 N–H and O–H groups in total. The van der Waals surface area contributed by atoms with Crippen molar-refractivity contribution in [1.82, 2.24) is 20.6 Å². The first-order valence-corrected chi connectivity index (χ1v) is 18.0. The third-order valence-electron chi connectivity index (χ3n) is 8.14. The Hall–Kier alpha value is -8.94. The first kappa shape index (κ1) is 44.2. The summed E-state index contributed by atoms with van der Waals surface area (Å²) in [6, 6.07) is 24.9. The van der Waals surface area contributed by atoms with Crippen molar-refractivity contribution in [2.75, 3.05) is 11.5 Å². The van der Waals surface area contributed by atoms with Gasteiger partial charge in [0, 0.05) is 0 Å². The van der Waals surface area contributed by atoms with Crippen LogP contribution in [0.2, 0.25) is 0 Å². The number of aromatic nitrogens is 2. The number of carbonyl (C=O) groups is 10. The molecule has 62 heavy (non-hydrogen) atoms. The van der Waals surface area contributed by atoms with Crippen molar-refractivity contribution in [2.45, 2.75) is 24.9 Å². The number of nitrogens with one attached hydrogen (secondary N) is 2. The third-order valence-corrected chi connectivity index (χ3v) is 8.14. The van der Waals surface area contributed by atoms with Crippen LogP contribution < -0.4 is 22.1 Å². The van der Waals surface area contributed by atoms with Gasteiger partial charge in [-0.15, -0.1) is 0 Å². The van der Waals surface area contributed by atoms with E-state index in [1.807, 2.05) is 0 Å². The number of hydrogen-bond donors (Lipinski definition) is 4. The minimum Gasteiger partial charge on any atom is -0.389 e. The van der Waals surface area contributed by atoms with E-state index in [-0.39, 0.29) is 22.3 Å². The molecule has 0 spiro atoms. The van der Waals surface area contributed by atoms with Gasteiger partial charge in [0.2, 0.25) is 0 Å². The van der Waals surface area contributed by atoms with Crippen LogP contribution in [0.3, 0.4) is 0 Å². The van der Waals surface area contributed by atoms with E-state index < -0.39 is 108 Å². The largest absolute Gasteiger partial charge is 0.389 e. The number of rotatable bonds is 14. The SMILES string of the molecule is Nc1nc(C(=O)N[C@H](CC(=O)OC(=O)c2ccccc2)C(=O)OC(=O)c2ccccc2)c(N)nc1C(=O)N[C@H](CC(=O)OC(=O)c1ccccc1)C(=O)OC(=O)c1ccccc1. The molecule has 0 unspecified atom stereocenters. The number of ether oxygens (including phenoxy) is 4. The van der Waals surface area contributed by atoms with Crippen molar-refractivity contribution in [1.29, 1.82) is 0 Å². The van der Waals surface area contributed by atoms with Crippen molar-refractivity contribution < 1.29 is 66.9 Å². The number of anilines is 2. The Labute approximate surface area is 349 Å². The lowest BCUT2D eigenvalue weighted by molar-refractivity contribution is -0.146. The summed E-state index contributed by atoms with van der Waals surface area (Å²) in [6.07, 6.45) is -2.11. The minimum absolute atomic E-state index is 0.0205. The lowest BCUT2D eigenvalue weighted by atomic mass is 10.1. The first-order valence-electron chi connectivity index (χ1n) is 18.0. The Bertz CT molecular complexity index is 2360. The Balaban J connectivity index is 1.34. The highest BCUT2D eigenvalue weighted by Gasteiger charge is 2.34. The quantitative estimate of drug-likeness (QED) is 0.0707. The lowest BCUT2D eigenvalue weighted by Crippen LogP contribution is -2.45. The van der Waals surface area contributed by atoms with Crippen LogP contribution in [0.15, 0.2) is 121 Å². The number of benzene rings is 4. The van der Waals surface area contributed by atoms with Gasteiger partial charge in [-0.2, -0.15) is 0 Å². The number of esters is 8. The van der Waals surface area contributed by atoms with Crippen LogP contribution in [-0.2, 0) is 38.1 Å². The van der Waals surface area contributed by atoms with Gasteiger partial charge in [0.05, 0.1) is 35.1 Å². The predicted octanol–water partition coefficient (Wildman–Crippen LogP) is 2.15. The van der Waals surface area contributed by atoms with Crippen LogP contribution in [0.5, 0.6) is 0 Å². The molecule has 0 aliphatic heterocycles. The molecule has 2 amide bonds. The van der Waals surface area contributed by atoms with E-state index in [4.69, 9.17) is 30.4 Å². The molecular weight excluding hydrogens is 812 g/mol. The Morgan fingerprint density at radius 1 is 0.419 bits per heavy atom. The molecule has 0 saturated carbocycles. The predicted molar refractivity (Wildman–Crippen MR) is 210 cm³/mol. The van der Waals surface area contributed by atoms with E-state index in [0.29, 0.717) is 0 Å². The molecule has 1 heterocycles. The highest BCUT2D eigenvalue weighted by Crippen LogP contribution is 2.16. The zero-order valence-electron chi connectivity index (χ0n) is 31.9. The molecule has 0 radical (unpaired) electrons. The highest BCUT2D eigenvalue weighted by atomic mass is 16.6. The van der Waals surface area contributed by atoms with Gasteiger partial charge in [0.1, 0.15) is 12.1 Å². The van der Waals surface area contributed by atoms with Gasteiger partial charge in [-0.1, -0.05) is 72.8 Å². The van der Waals surface area contributed by atoms with Crippen molar-refractivity contribution in [2.24, 2.45) is 0 Å². The average Bonchev–Trinajstić information content (AvgIpc) is 3.27. The number of nitrogens with two attached hydrogens (primary N) is 2. The summed E-state index contributed by atoms with van der Waals surface area (Å²) in [5.74, 6) is -14.5. The molecule has 0 bridgehead atoms. The van der Waals surface area contributed by atoms with E-state index in [0.717, 1.165) is 0 Å². The summed E-state index contributed by atoms with van der Waals surface area (Å²) < 4.78 is 19.3. The van der Waals surface area contributed by atoms with E-state index in [1.165, 1.54) is 97.1 Å². The molecule has 0 aliphatic carbocycles. The van der Waals surface area contributed by atoms with E-state index >= 15 is 0 Å². The number of hydrogen-bond acceptors (Lipinski definition) is 18. The molecule has 0 fully saturated rings. The Kier molecular flexibility index (Phi) is 14.7. The zero-order chi connectivity index (χ0) is 44.8. The minimum atomic E-state index is -2.02. The second-order valence-corrected chi connectivity index (χ2v) is 12.6. The van der Waals surface area contributed by atoms with Crippen molar-refractivity contribution in [3.05, 3.63) is 155 Å². The summed E-state index contributed by atoms with van der Waals surface area (Å²) >= 11 is 0. The standard InChI is InChI=1S/C42H32N6O14/c43-33-31(35(51)45-27(41(57)61-39(55)25-17-9-3-10-18-25)21-29(49)59-37(53)23-13-5-1-6-14-23)47-34(44)32(48-33)36(52)46-28(42(58)62-40(56)26-19-11-4-12-20-26)22-30(50)60-38(54)24-15-7-2-8-16-24/h1-20,27-28H,21-22H2,(H2,44,47)(H2,43,48)(H,45,51)(H,46,52)/t27-,28-/m1/s1. The summed E-state index contributed by atoms with van der Waals surface area (Å²) in [5, 5.41) is 4.18. The van der Waals surface area contributed by atoms with Crippen LogP contribution in [0.4, 0.5) is 11.6 Å². The molecule has 20 heteroatoms. The van der Waals surface area contributed by atoms with Gasteiger partial charge in [0.25, 0.3) is 11.8 Å². The van der Waals surface area contributed by atoms with Gasteiger partial charge in [-0.25, -0.2) is 38.7 Å². The maximum absolute atomic E-state index is 13.5. The number of nitrogens with zero attached hydrogens (tertiary/aromatic N) is 2. The summed E-state index contributed by atoms with van der Waals surface area (Å²) in [4.78, 5) is 137. The number of amides is 2. The average molecular weight is 845 g/mol. The summed E-state index contributed by atoms with van der Waals surface area (Å²) in [5.41, 5.74) is 10.1. The van der Waals surface area contributed by atoms with Crippen LogP contribution in [0.1, 0.15) is 75.3 Å². The van der Waals surface area contributed by atoms with Gasteiger partial charge < -0.3 is 41.0 Å². The fourth-order valence-corrected chi connectivity index (χ4v) is 5.12. The maximum atomic E-state index is 13.5. The first-order chi connectivity index (χ1) is 29.7. The van der Waals surface area contributed by atoms with E-state index in [1.54, 1.807) is 24.3 Å². The molecule has 2 atom stereocenters. The summed E-state index contributed by atoms with van der Waals surface area (Å²) in [7, 11) is 0. The van der Waals surface area contributed by atoms with Crippen molar-refractivity contribution in [3.63, 3.8) is 0 Å². The second-order valence-electron chi connectivity index (χ2n) is 12.6. The number of nitrogen functional groups attached to an aromatic ring is 2. The Morgan fingerprint density at radius 3 is 0.952 bits per heavy atom. The molecule has 20 nitrogen and oxygen atoms in total. The molecule has 5 aromatic rings. The lowest BCUT2D eigenvalue weighted by Gasteiger charge is -2.18. The third kappa shape index (κ3) is 12.0. The van der Waals surface area contributed by atoms with Gasteiger partial charge >= 0.3 is 47.8 Å². The molecule has 4 aromatic carbocycles. The van der Waals surface area contributed by atoms with E-state index in [9.17, 15) is 47.9 Å². The Morgan fingerprint density at radius 2 is 0.677 bits per heavy atom. The monoisotopic (exact) mass is 844 g/mol. The van der Waals surface area contributed by atoms with Gasteiger partial charge in [0.15, 0.2) is 23.0 Å². The van der Waals surface area contributed by atoms with Crippen LogP contribution in [0, 0.1) is 0 Å². The van der Waals surface area contributed by atoms with E-state index in [2.05, 4.69) is 20.6 Å². The van der Waals surface area contributed by atoms with Crippen LogP contribution in [-0.4, -0.2) is 81.6 Å². The maximum Gasteiger partial charge on any atom is 0.345 e. The zero-order valence-corrected chi connectivity index (χ0v) is 31.9. The molecule has 0 aliphatic rings. The van der Waals surface area contributed by atoms with Crippen LogP contribution >= 0.6 is 0 Å². The fourth-order valence-electron chi connectivity index (χ4n) is 5.12. The topological polar surface area (TPSA) is 309 Å². The smallest absolute Gasteiger partial charge is 0.345 e. The summed E-state index contributed by atoms with van der Waals surface area (Å²) in [6.45, 7) is 0. The normalized spacial score (nSPS) is 11.4. The van der Waals surface area contributed by atoms with Crippen molar-refractivity contribution in [3.8, 4) is 0 Å². The second kappa shape index (κ2) is 20.7. The van der Waals surface area contributed by atoms with Crippen molar-refractivity contribution >= 4 is 71.2 Å². The van der Waals surface area contributed by atoms with Gasteiger partial charge in [-0.05, 0) is 48.5 Å². The van der Waals surface area contributed by atoms with Crippen LogP contribution in [0.25, 0.3) is 0 Å². The number of carbonyl (C=O) groups excluding carboxylic acids is 10. The molecular formula is C42H32N6O14. The molecule has 1 aromatic heterocycles. The highest BCUT2D eigenvalue weighted by molar-refractivity contribution is 6.06. The fraction of sp³-hybridized carbons (Fsp3) is 0.0952.